The van der Waals surface area contributed by atoms with Gasteiger partial charge in [-0.3, -0.25) is 0 Å². The average Bonchev–Trinajstić information content (AvgIpc) is 1.57. The Kier molecular flexibility index (Phi) is 30.9. The highest BCUT2D eigenvalue weighted by Gasteiger charge is 2.17. The van der Waals surface area contributed by atoms with Crippen molar-refractivity contribution >= 4 is 161 Å². The van der Waals surface area contributed by atoms with Crippen LogP contribution in [0.1, 0.15) is 108 Å². The molecule has 6 heteroatoms. The van der Waals surface area contributed by atoms with Crippen molar-refractivity contribution < 1.29 is 17.6 Å². The Balaban J connectivity index is 0.000000118. The molecule has 138 heavy (non-hydrogen) atoms. The molecule has 25 aromatic rings. The van der Waals surface area contributed by atoms with Crippen molar-refractivity contribution in [2.75, 3.05) is 0 Å². The first-order chi connectivity index (χ1) is 65.9. The van der Waals surface area contributed by atoms with E-state index in [0.29, 0.717) is 0 Å². The van der Waals surface area contributed by atoms with Crippen LogP contribution in [0.15, 0.2) is 426 Å². The molecule has 0 amide bonds. The molecule has 0 N–H and O–H groups in total. The van der Waals surface area contributed by atoms with Crippen LogP contribution < -0.4 is 0 Å². The summed E-state index contributed by atoms with van der Waals surface area (Å²) in [6, 6.07) is 143. The largest absolute Gasteiger partial charge is 0.456 e. The van der Waals surface area contributed by atoms with Crippen LogP contribution >= 0.6 is 22.7 Å². The Morgan fingerprint density at radius 3 is 1.28 bits per heavy atom. The van der Waals surface area contributed by atoms with Gasteiger partial charge in [0.05, 0.1) is 0 Å². The van der Waals surface area contributed by atoms with Crippen molar-refractivity contribution in [2.45, 2.75) is 124 Å². The average molecular weight is 1840 g/mol. The molecule has 0 aliphatic rings. The molecule has 3 nitrogen and oxygen atoms in total. The lowest BCUT2D eigenvalue weighted by Crippen LogP contribution is -2.10. The van der Waals surface area contributed by atoms with Gasteiger partial charge in [-0.2, -0.15) is 0 Å². The van der Waals surface area contributed by atoms with Crippen LogP contribution in [0.5, 0.6) is 0 Å². The molecule has 0 spiro atoms. The second kappa shape index (κ2) is 43.7. The summed E-state index contributed by atoms with van der Waals surface area (Å²) in [6.45, 7) is 32.1. The number of fused-ring (bicyclic) bond motifs is 19. The zero-order valence-corrected chi connectivity index (χ0v) is 81.8. The number of furan rings is 3. The Morgan fingerprint density at radius 2 is 0.638 bits per heavy atom. The number of para-hydroxylation sites is 5. The molecule has 0 atom stereocenters. The molecular formula is C132H121FO3S2. The van der Waals surface area contributed by atoms with Gasteiger partial charge in [0.25, 0.3) is 0 Å². The smallest absolute Gasteiger partial charge is 0.143 e. The first-order valence-corrected chi connectivity index (χ1v) is 48.4. The minimum absolute atomic E-state index is 0. The normalized spacial score (nSPS) is 10.9. The first kappa shape index (κ1) is 97.5. The molecule has 5 heterocycles. The standard InChI is InChI=1S/C19H14O.C19H14S.C17H13F.C15H12.2C13H10O.C13H10S.C11H16.C10H14.2CH4/c2*1-13-7-5-11-16-17-12-6-10-15(19(17)20-18(13)16)14-8-3-2-4-9-14;1-12-9-14(11-15(18)10-12)17-8-4-6-13-5-2-3-7-16(13)17;1-11-6-9-15-13(10-11)8-7-12-4-2-3-5-14(12)15;1-9-5-4-7-11-10-6-2-3-8-12(10)14-13(9)11;2*1-9-6-7-13-11(8-9)10-4-2-3-5-12(10)14-13;1-9-5-7-10(8-6-9)11(2,3)4;1-7-5-8(2)10(4)9(3)6-7;;/h2*2-12H,1H3;2-11H,1H3;2-10H,1H3;3*2-8H,1H3;5-8H,1-4H3;5-6H,1-4H3;2*1H4. The molecule has 0 bridgehead atoms. The molecule has 0 aliphatic carbocycles. The topological polar surface area (TPSA) is 39.4 Å². The summed E-state index contributed by atoms with van der Waals surface area (Å²) in [5, 5.41) is 20.4. The Labute approximate surface area is 820 Å². The molecule has 0 saturated carbocycles. The van der Waals surface area contributed by atoms with Crippen molar-refractivity contribution in [3.8, 4) is 33.4 Å². The molecule has 25 rings (SSSR count). The SMILES string of the molecule is C.C.Cc1cc(C)c(C)c(C)c1.Cc1cc(F)cc(-c2cccc3ccccc23)c1.Cc1ccc(C(C)(C)C)cc1.Cc1ccc2c(ccc3ccccc32)c1.Cc1ccc2oc3ccccc3c2c1.Cc1ccc2sc3ccccc3c2c1.Cc1cccc2c1oc1c(-c3ccccc3)cccc12.Cc1cccc2c1oc1ccccc12.Cc1cccc2c1sc1c(-c3ccccc3)cccc12. The Hall–Kier alpha value is -15.1. The summed E-state index contributed by atoms with van der Waals surface area (Å²) < 4.78 is 36.7. The maximum atomic E-state index is 13.5. The van der Waals surface area contributed by atoms with Crippen molar-refractivity contribution in [1.82, 2.24) is 0 Å². The quantitative estimate of drug-likeness (QED) is 0.166. The fourth-order valence-electron chi connectivity index (χ4n) is 18.0. The maximum Gasteiger partial charge on any atom is 0.143 e. The summed E-state index contributed by atoms with van der Waals surface area (Å²) >= 11 is 3.78. The summed E-state index contributed by atoms with van der Waals surface area (Å²) in [6.07, 6.45) is 0. The monoisotopic (exact) mass is 1840 g/mol. The summed E-state index contributed by atoms with van der Waals surface area (Å²) in [5.41, 5.74) is 30.1. The van der Waals surface area contributed by atoms with Crippen LogP contribution in [0.4, 0.5) is 4.39 Å². The van der Waals surface area contributed by atoms with Crippen molar-refractivity contribution in [1.29, 1.82) is 0 Å². The fourth-order valence-corrected chi connectivity index (χ4v) is 20.4. The number of hydrogen-bond acceptors (Lipinski definition) is 5. The minimum Gasteiger partial charge on any atom is -0.456 e. The van der Waals surface area contributed by atoms with Crippen LogP contribution in [0, 0.1) is 88.9 Å². The second-order valence-electron chi connectivity index (χ2n) is 36.6. The number of thiophene rings is 2. The van der Waals surface area contributed by atoms with Gasteiger partial charge in [0, 0.05) is 78.2 Å². The zero-order valence-electron chi connectivity index (χ0n) is 80.2. The molecule has 0 radical (unpaired) electrons. The van der Waals surface area contributed by atoms with Crippen LogP contribution in [-0.4, -0.2) is 0 Å². The van der Waals surface area contributed by atoms with Gasteiger partial charge < -0.3 is 13.3 Å². The summed E-state index contributed by atoms with van der Waals surface area (Å²) in [5.74, 6) is -0.182. The van der Waals surface area contributed by atoms with E-state index in [2.05, 4.69) is 418 Å². The lowest BCUT2D eigenvalue weighted by atomic mass is 9.87. The Morgan fingerprint density at radius 1 is 0.217 bits per heavy atom. The molecule has 0 saturated heterocycles. The van der Waals surface area contributed by atoms with Gasteiger partial charge in [-0.25, -0.2) is 4.39 Å². The first-order valence-electron chi connectivity index (χ1n) is 46.7. The maximum absolute atomic E-state index is 13.5. The van der Waals surface area contributed by atoms with E-state index in [1.54, 1.807) is 12.1 Å². The van der Waals surface area contributed by atoms with Crippen LogP contribution in [0.25, 0.3) is 172 Å². The van der Waals surface area contributed by atoms with E-state index in [0.717, 1.165) is 61.1 Å². The molecule has 0 unspecified atom stereocenters. The number of rotatable bonds is 3. The van der Waals surface area contributed by atoms with E-state index in [9.17, 15) is 4.39 Å². The molecule has 0 fully saturated rings. The summed E-state index contributed by atoms with van der Waals surface area (Å²) in [7, 11) is 0. The van der Waals surface area contributed by atoms with Crippen molar-refractivity contribution in [3.05, 3.63) is 491 Å². The molecule has 0 aliphatic heterocycles. The van der Waals surface area contributed by atoms with Gasteiger partial charge in [-0.15, -0.1) is 22.7 Å². The van der Waals surface area contributed by atoms with Gasteiger partial charge in [0.15, 0.2) is 0 Å². The number of aryl methyl sites for hydroxylation is 11. The van der Waals surface area contributed by atoms with E-state index in [4.69, 9.17) is 13.3 Å². The number of hydrogen-bond donors (Lipinski definition) is 0. The highest BCUT2D eigenvalue weighted by molar-refractivity contribution is 7.26. The third kappa shape index (κ3) is 22.2. The van der Waals surface area contributed by atoms with Gasteiger partial charge in [-0.1, -0.05) is 421 Å². The molecule has 5 aromatic heterocycles. The summed E-state index contributed by atoms with van der Waals surface area (Å²) in [4.78, 5) is 0. The van der Waals surface area contributed by atoms with Gasteiger partial charge in [-0.05, 0) is 248 Å². The van der Waals surface area contributed by atoms with Gasteiger partial charge >= 0.3 is 0 Å². The van der Waals surface area contributed by atoms with Gasteiger partial charge in [0.1, 0.15) is 39.3 Å². The van der Waals surface area contributed by atoms with Gasteiger partial charge in [0.2, 0.25) is 0 Å². The lowest BCUT2D eigenvalue weighted by Gasteiger charge is -2.18. The predicted molar refractivity (Wildman–Crippen MR) is 603 cm³/mol. The lowest BCUT2D eigenvalue weighted by molar-refractivity contribution is 0.590. The van der Waals surface area contributed by atoms with E-state index in [1.807, 2.05) is 108 Å². The fraction of sp³-hybridized carbons (Fsp3) is 0.136. The molecule has 686 valence electrons. The van der Waals surface area contributed by atoms with E-state index in [1.165, 1.54) is 183 Å². The predicted octanol–water partition coefficient (Wildman–Crippen LogP) is 40.5. The number of benzene rings is 20. The minimum atomic E-state index is -0.182. The van der Waals surface area contributed by atoms with E-state index >= 15 is 0 Å². The zero-order chi connectivity index (χ0) is 94.7. The second-order valence-corrected chi connectivity index (χ2v) is 38.7. The highest BCUT2D eigenvalue weighted by atomic mass is 32.1. The molecular weight excluding hydrogens is 1720 g/mol. The van der Waals surface area contributed by atoms with E-state index in [-0.39, 0.29) is 26.1 Å². The third-order valence-corrected chi connectivity index (χ3v) is 27.9. The van der Waals surface area contributed by atoms with Crippen LogP contribution in [0.3, 0.4) is 0 Å². The molecule has 20 aromatic carbocycles. The van der Waals surface area contributed by atoms with Crippen LogP contribution in [0.2, 0.25) is 0 Å². The van der Waals surface area contributed by atoms with E-state index < -0.39 is 0 Å². The van der Waals surface area contributed by atoms with Crippen molar-refractivity contribution in [3.63, 3.8) is 0 Å². The third-order valence-electron chi connectivity index (χ3n) is 25.3. The van der Waals surface area contributed by atoms with Crippen molar-refractivity contribution in [2.24, 2.45) is 0 Å². The Bertz CT molecular complexity index is 8210. The highest BCUT2D eigenvalue weighted by Crippen LogP contribution is 2.43. The number of halogens is 1. The van der Waals surface area contributed by atoms with Crippen LogP contribution in [-0.2, 0) is 5.41 Å².